The van der Waals surface area contributed by atoms with E-state index in [-0.39, 0.29) is 0 Å². The largest absolute Gasteiger partial charge is 0.382 e. The van der Waals surface area contributed by atoms with Gasteiger partial charge in [0.25, 0.3) is 0 Å². The van der Waals surface area contributed by atoms with E-state index in [0.29, 0.717) is 6.61 Å². The van der Waals surface area contributed by atoms with Crippen molar-refractivity contribution >= 4 is 0 Å². The molecule has 0 aromatic carbocycles. The Balaban J connectivity index is 2.07. The molecule has 1 aliphatic rings. The second-order valence-electron chi connectivity index (χ2n) is 4.64. The van der Waals surface area contributed by atoms with Crippen LogP contribution in [0, 0.1) is 0 Å². The molecule has 0 radical (unpaired) electrons. The Bertz CT molecular complexity index is 173. The van der Waals surface area contributed by atoms with E-state index in [1.54, 1.807) is 7.11 Å². The number of hydrogen-bond acceptors (Lipinski definition) is 4. The van der Waals surface area contributed by atoms with E-state index < -0.39 is 0 Å². The van der Waals surface area contributed by atoms with Crippen LogP contribution in [-0.2, 0) is 9.47 Å². The smallest absolute Gasteiger partial charge is 0.0700 e. The van der Waals surface area contributed by atoms with E-state index in [1.165, 1.54) is 25.9 Å². The van der Waals surface area contributed by atoms with Crippen molar-refractivity contribution in [3.63, 3.8) is 0 Å². The van der Waals surface area contributed by atoms with E-state index in [1.807, 2.05) is 0 Å². The minimum atomic E-state index is 0.700. The summed E-state index contributed by atoms with van der Waals surface area (Å²) in [7, 11) is 1.71. The van der Waals surface area contributed by atoms with Crippen molar-refractivity contribution in [1.29, 1.82) is 0 Å². The summed E-state index contributed by atoms with van der Waals surface area (Å²) in [6.07, 6.45) is 3.66. The number of rotatable bonds is 10. The average molecular weight is 244 g/mol. The van der Waals surface area contributed by atoms with Gasteiger partial charge in [0.15, 0.2) is 0 Å². The molecule has 0 aromatic heterocycles. The third-order valence-corrected chi connectivity index (χ3v) is 3.23. The lowest BCUT2D eigenvalue weighted by Gasteiger charge is -2.27. The molecular formula is C13H28N2O2. The molecule has 1 fully saturated rings. The predicted molar refractivity (Wildman–Crippen MR) is 70.5 cm³/mol. The molecule has 1 N–H and O–H groups in total. The fraction of sp³-hybridized carbons (Fsp3) is 1.00. The monoisotopic (exact) mass is 244 g/mol. The summed E-state index contributed by atoms with van der Waals surface area (Å²) in [5.41, 5.74) is 0. The van der Waals surface area contributed by atoms with E-state index in [0.717, 1.165) is 38.8 Å². The number of methoxy groups -OCH3 is 1. The van der Waals surface area contributed by atoms with Crippen molar-refractivity contribution < 1.29 is 9.47 Å². The van der Waals surface area contributed by atoms with Crippen molar-refractivity contribution in [2.75, 3.05) is 53.1 Å². The summed E-state index contributed by atoms with van der Waals surface area (Å²) in [5.74, 6) is 0. The lowest BCUT2D eigenvalue weighted by atomic mass is 10.2. The summed E-state index contributed by atoms with van der Waals surface area (Å²) < 4.78 is 10.4. The topological polar surface area (TPSA) is 33.7 Å². The highest BCUT2D eigenvalue weighted by Gasteiger charge is 2.20. The predicted octanol–water partition coefficient (Wildman–Crippen LogP) is 1.11. The van der Waals surface area contributed by atoms with E-state index in [9.17, 15) is 0 Å². The highest BCUT2D eigenvalue weighted by molar-refractivity contribution is 4.80. The molecule has 0 amide bonds. The zero-order valence-electron chi connectivity index (χ0n) is 11.4. The SMILES string of the molecule is CCCN(CCCOCCOC)C1CCNC1. The third kappa shape index (κ3) is 6.36. The molecule has 1 atom stereocenters. The summed E-state index contributed by atoms with van der Waals surface area (Å²) in [4.78, 5) is 2.61. The van der Waals surface area contributed by atoms with Gasteiger partial charge in [0.2, 0.25) is 0 Å². The molecule has 0 aromatic rings. The van der Waals surface area contributed by atoms with Gasteiger partial charge in [-0.1, -0.05) is 6.92 Å². The van der Waals surface area contributed by atoms with Gasteiger partial charge >= 0.3 is 0 Å². The van der Waals surface area contributed by atoms with Gasteiger partial charge in [-0.2, -0.15) is 0 Å². The van der Waals surface area contributed by atoms with Crippen LogP contribution in [-0.4, -0.2) is 64.1 Å². The third-order valence-electron chi connectivity index (χ3n) is 3.23. The molecule has 17 heavy (non-hydrogen) atoms. The first kappa shape index (κ1) is 14.9. The van der Waals surface area contributed by atoms with Gasteiger partial charge in [-0.15, -0.1) is 0 Å². The zero-order valence-corrected chi connectivity index (χ0v) is 11.4. The van der Waals surface area contributed by atoms with Crippen molar-refractivity contribution in [1.82, 2.24) is 10.2 Å². The van der Waals surface area contributed by atoms with Crippen molar-refractivity contribution in [2.24, 2.45) is 0 Å². The molecule has 1 unspecified atom stereocenters. The van der Waals surface area contributed by atoms with Crippen LogP contribution < -0.4 is 5.32 Å². The summed E-state index contributed by atoms with van der Waals surface area (Å²) in [6.45, 7) is 9.23. The number of nitrogens with one attached hydrogen (secondary N) is 1. The lowest BCUT2D eigenvalue weighted by molar-refractivity contribution is 0.0631. The number of hydrogen-bond donors (Lipinski definition) is 1. The van der Waals surface area contributed by atoms with E-state index in [4.69, 9.17) is 9.47 Å². The first-order chi connectivity index (χ1) is 8.38. The highest BCUT2D eigenvalue weighted by atomic mass is 16.5. The molecule has 0 spiro atoms. The molecule has 102 valence electrons. The highest BCUT2D eigenvalue weighted by Crippen LogP contribution is 2.09. The molecule has 4 nitrogen and oxygen atoms in total. The first-order valence-corrected chi connectivity index (χ1v) is 6.90. The molecular weight excluding hydrogens is 216 g/mol. The van der Waals surface area contributed by atoms with Crippen LogP contribution in [0.5, 0.6) is 0 Å². The quantitative estimate of drug-likeness (QED) is 0.584. The molecule has 1 aliphatic heterocycles. The molecule has 1 saturated heterocycles. The van der Waals surface area contributed by atoms with E-state index >= 15 is 0 Å². The Morgan fingerprint density at radius 3 is 2.76 bits per heavy atom. The van der Waals surface area contributed by atoms with Crippen LogP contribution in [0.2, 0.25) is 0 Å². The van der Waals surface area contributed by atoms with Crippen molar-refractivity contribution in [3.8, 4) is 0 Å². The van der Waals surface area contributed by atoms with Gasteiger partial charge in [-0.3, -0.25) is 4.90 Å². The molecule has 0 aliphatic carbocycles. The Hall–Kier alpha value is -0.160. The summed E-state index contributed by atoms with van der Waals surface area (Å²) in [5, 5.41) is 3.44. The fourth-order valence-corrected chi connectivity index (χ4v) is 2.33. The lowest BCUT2D eigenvalue weighted by Crippen LogP contribution is -2.38. The van der Waals surface area contributed by atoms with Gasteiger partial charge in [0, 0.05) is 32.8 Å². The van der Waals surface area contributed by atoms with Crippen molar-refractivity contribution in [2.45, 2.75) is 32.2 Å². The summed E-state index contributed by atoms with van der Waals surface area (Å²) >= 11 is 0. The zero-order chi connectivity index (χ0) is 12.3. The van der Waals surface area contributed by atoms with Crippen LogP contribution in [0.1, 0.15) is 26.2 Å². The minimum Gasteiger partial charge on any atom is -0.382 e. The Labute approximate surface area is 106 Å². The fourth-order valence-electron chi connectivity index (χ4n) is 2.33. The molecule has 1 rings (SSSR count). The summed E-state index contributed by atoms with van der Waals surface area (Å²) in [6, 6.07) is 0.744. The van der Waals surface area contributed by atoms with Gasteiger partial charge in [0.1, 0.15) is 0 Å². The van der Waals surface area contributed by atoms with Crippen LogP contribution >= 0.6 is 0 Å². The van der Waals surface area contributed by atoms with Gasteiger partial charge in [0.05, 0.1) is 13.2 Å². The maximum atomic E-state index is 5.50. The minimum absolute atomic E-state index is 0.700. The molecule has 0 bridgehead atoms. The normalized spacial score (nSPS) is 20.3. The second kappa shape index (κ2) is 9.83. The molecule has 0 saturated carbocycles. The van der Waals surface area contributed by atoms with Gasteiger partial charge < -0.3 is 14.8 Å². The van der Waals surface area contributed by atoms with Crippen LogP contribution in [0.25, 0.3) is 0 Å². The van der Waals surface area contributed by atoms with Crippen LogP contribution in [0.3, 0.4) is 0 Å². The average Bonchev–Trinajstić information content (AvgIpc) is 2.86. The van der Waals surface area contributed by atoms with Crippen LogP contribution in [0.15, 0.2) is 0 Å². The number of nitrogens with zero attached hydrogens (tertiary/aromatic N) is 1. The maximum absolute atomic E-state index is 5.50. The van der Waals surface area contributed by atoms with Gasteiger partial charge in [-0.25, -0.2) is 0 Å². The Kier molecular flexibility index (Phi) is 8.61. The van der Waals surface area contributed by atoms with Crippen molar-refractivity contribution in [3.05, 3.63) is 0 Å². The molecule has 1 heterocycles. The maximum Gasteiger partial charge on any atom is 0.0700 e. The molecule has 4 heteroatoms. The van der Waals surface area contributed by atoms with E-state index in [2.05, 4.69) is 17.1 Å². The Morgan fingerprint density at radius 2 is 2.12 bits per heavy atom. The second-order valence-corrected chi connectivity index (χ2v) is 4.64. The Morgan fingerprint density at radius 1 is 1.24 bits per heavy atom. The standard InChI is InChI=1S/C13H28N2O2/c1-3-7-15(13-5-6-14-12-13)8-4-9-17-11-10-16-2/h13-14H,3-12H2,1-2H3. The first-order valence-electron chi connectivity index (χ1n) is 6.90. The van der Waals surface area contributed by atoms with Crippen LogP contribution in [0.4, 0.5) is 0 Å². The number of ether oxygens (including phenoxy) is 2. The van der Waals surface area contributed by atoms with Gasteiger partial charge in [-0.05, 0) is 32.4 Å².